The van der Waals surface area contributed by atoms with Crippen LogP contribution in [0.25, 0.3) is 0 Å². The Morgan fingerprint density at radius 1 is 1.53 bits per heavy atom. The lowest BCUT2D eigenvalue weighted by atomic mass is 10.1. The molecule has 1 unspecified atom stereocenters. The van der Waals surface area contributed by atoms with E-state index >= 15 is 0 Å². The second-order valence-corrected chi connectivity index (χ2v) is 4.45. The predicted molar refractivity (Wildman–Crippen MR) is 65.4 cm³/mol. The van der Waals surface area contributed by atoms with Crippen molar-refractivity contribution < 1.29 is 0 Å². The maximum atomic E-state index is 11.5. The topological polar surface area (TPSA) is 34.9 Å². The van der Waals surface area contributed by atoms with E-state index in [-0.39, 0.29) is 5.56 Å². The van der Waals surface area contributed by atoms with E-state index in [0.717, 1.165) is 23.9 Å². The maximum absolute atomic E-state index is 11.5. The van der Waals surface area contributed by atoms with Crippen molar-refractivity contribution in [3.63, 3.8) is 0 Å². The van der Waals surface area contributed by atoms with Gasteiger partial charge in [0.2, 0.25) is 0 Å². The van der Waals surface area contributed by atoms with Crippen molar-refractivity contribution in [3.8, 4) is 0 Å². The van der Waals surface area contributed by atoms with E-state index in [1.165, 1.54) is 0 Å². The molecule has 0 aliphatic heterocycles. The first-order valence-corrected chi connectivity index (χ1v) is 6.40. The Morgan fingerprint density at radius 2 is 2.27 bits per heavy atom. The average molecular weight is 273 g/mol. The zero-order valence-electron chi connectivity index (χ0n) is 9.24. The molecule has 1 rings (SSSR count). The highest BCUT2D eigenvalue weighted by molar-refractivity contribution is 9.09. The first kappa shape index (κ1) is 12.4. The van der Waals surface area contributed by atoms with Gasteiger partial charge >= 0.3 is 0 Å². The van der Waals surface area contributed by atoms with Crippen LogP contribution in [0.3, 0.4) is 0 Å². The minimum absolute atomic E-state index is 0.0114. The van der Waals surface area contributed by atoms with Gasteiger partial charge in [0, 0.05) is 17.9 Å². The lowest BCUT2D eigenvalue weighted by molar-refractivity contribution is 0.413. The maximum Gasteiger partial charge on any atom is 0.266 e. The van der Waals surface area contributed by atoms with Crippen LogP contribution in [0, 0.1) is 12.8 Å². The van der Waals surface area contributed by atoms with Crippen LogP contribution in [0.15, 0.2) is 16.9 Å². The average Bonchev–Trinajstić information content (AvgIpc) is 2.22. The van der Waals surface area contributed by atoms with Gasteiger partial charge in [0.05, 0.1) is 5.69 Å². The Bertz CT molecular complexity index is 362. The van der Waals surface area contributed by atoms with E-state index in [9.17, 15) is 4.79 Å². The van der Waals surface area contributed by atoms with Crippen LogP contribution < -0.4 is 5.56 Å². The first-order valence-electron chi connectivity index (χ1n) is 5.28. The van der Waals surface area contributed by atoms with Crippen molar-refractivity contribution in [2.45, 2.75) is 33.2 Å². The van der Waals surface area contributed by atoms with Crippen LogP contribution in [0.4, 0.5) is 0 Å². The second-order valence-electron chi connectivity index (χ2n) is 3.80. The van der Waals surface area contributed by atoms with Gasteiger partial charge in [-0.1, -0.05) is 29.3 Å². The molecule has 15 heavy (non-hydrogen) atoms. The fourth-order valence-electron chi connectivity index (χ4n) is 1.55. The molecule has 0 amide bonds. The summed E-state index contributed by atoms with van der Waals surface area (Å²) in [5.74, 6) is 0.488. The summed E-state index contributed by atoms with van der Waals surface area (Å²) >= 11 is 3.47. The molecule has 0 spiro atoms. The van der Waals surface area contributed by atoms with Gasteiger partial charge in [-0.15, -0.1) is 0 Å². The zero-order chi connectivity index (χ0) is 11.3. The van der Waals surface area contributed by atoms with E-state index in [4.69, 9.17) is 0 Å². The SMILES string of the molecule is CCCC(CBr)Cn1nc(C)ccc1=O. The van der Waals surface area contributed by atoms with Gasteiger partial charge in [0.25, 0.3) is 5.56 Å². The van der Waals surface area contributed by atoms with Crippen molar-refractivity contribution in [2.75, 3.05) is 5.33 Å². The lowest BCUT2D eigenvalue weighted by Gasteiger charge is -2.13. The summed E-state index contributed by atoms with van der Waals surface area (Å²) in [6.45, 7) is 4.76. The number of halogens is 1. The molecule has 1 aromatic heterocycles. The molecule has 0 bridgehead atoms. The molecule has 0 saturated carbocycles. The van der Waals surface area contributed by atoms with E-state index < -0.39 is 0 Å². The highest BCUT2D eigenvalue weighted by atomic mass is 79.9. The number of hydrogen-bond acceptors (Lipinski definition) is 2. The standard InChI is InChI=1S/C11H17BrN2O/c1-3-4-10(7-12)8-14-11(15)6-5-9(2)13-14/h5-6,10H,3-4,7-8H2,1-2H3. The normalized spacial score (nSPS) is 12.7. The monoisotopic (exact) mass is 272 g/mol. The molecule has 0 N–H and O–H groups in total. The van der Waals surface area contributed by atoms with Crippen LogP contribution in [0.2, 0.25) is 0 Å². The molecule has 1 aromatic rings. The molecular formula is C11H17BrN2O. The Hall–Kier alpha value is -0.640. The van der Waals surface area contributed by atoms with Crippen LogP contribution in [-0.2, 0) is 6.54 Å². The third-order valence-electron chi connectivity index (χ3n) is 2.35. The molecular weight excluding hydrogens is 256 g/mol. The smallest absolute Gasteiger partial charge is 0.266 e. The predicted octanol–water partition coefficient (Wildman–Crippen LogP) is 2.36. The molecule has 3 nitrogen and oxygen atoms in total. The summed E-state index contributed by atoms with van der Waals surface area (Å²) in [4.78, 5) is 11.5. The lowest BCUT2D eigenvalue weighted by Crippen LogP contribution is -2.26. The van der Waals surface area contributed by atoms with Crippen molar-refractivity contribution in [3.05, 3.63) is 28.2 Å². The first-order chi connectivity index (χ1) is 7.17. The van der Waals surface area contributed by atoms with Gasteiger partial charge in [-0.3, -0.25) is 4.79 Å². The van der Waals surface area contributed by atoms with E-state index in [2.05, 4.69) is 28.0 Å². The minimum atomic E-state index is -0.0114. The molecule has 0 fully saturated rings. The third-order valence-corrected chi connectivity index (χ3v) is 3.26. The number of rotatable bonds is 5. The van der Waals surface area contributed by atoms with E-state index in [1.54, 1.807) is 16.8 Å². The third kappa shape index (κ3) is 3.78. The van der Waals surface area contributed by atoms with Gasteiger partial charge < -0.3 is 0 Å². The van der Waals surface area contributed by atoms with Crippen LogP contribution in [0.1, 0.15) is 25.5 Å². The van der Waals surface area contributed by atoms with Gasteiger partial charge in [0.15, 0.2) is 0 Å². The summed E-state index contributed by atoms with van der Waals surface area (Å²) in [5, 5.41) is 5.15. The zero-order valence-corrected chi connectivity index (χ0v) is 10.8. The largest absolute Gasteiger partial charge is 0.268 e. The molecule has 0 saturated heterocycles. The Morgan fingerprint density at radius 3 is 2.87 bits per heavy atom. The Kier molecular flexibility index (Phi) is 5.02. The number of hydrogen-bond donors (Lipinski definition) is 0. The number of alkyl halides is 1. The number of nitrogens with zero attached hydrogens (tertiary/aromatic N) is 2. The van der Waals surface area contributed by atoms with E-state index in [1.807, 2.05) is 6.92 Å². The second kappa shape index (κ2) is 6.05. The van der Waals surface area contributed by atoms with Crippen molar-refractivity contribution >= 4 is 15.9 Å². The van der Waals surface area contributed by atoms with Crippen molar-refractivity contribution in [1.82, 2.24) is 9.78 Å². The van der Waals surface area contributed by atoms with Crippen LogP contribution in [-0.4, -0.2) is 15.1 Å². The molecule has 0 aliphatic rings. The Labute approximate surface area is 98.6 Å². The van der Waals surface area contributed by atoms with Gasteiger partial charge in [0.1, 0.15) is 0 Å². The van der Waals surface area contributed by atoms with Crippen molar-refractivity contribution in [1.29, 1.82) is 0 Å². The summed E-state index contributed by atoms with van der Waals surface area (Å²) in [7, 11) is 0. The molecule has 84 valence electrons. The quantitative estimate of drug-likeness (QED) is 0.772. The molecule has 0 aromatic carbocycles. The van der Waals surface area contributed by atoms with Gasteiger partial charge in [-0.25, -0.2) is 4.68 Å². The Balaban J connectivity index is 2.78. The summed E-state index contributed by atoms with van der Waals surface area (Å²) < 4.78 is 1.57. The number of aryl methyl sites for hydroxylation is 1. The molecule has 1 heterocycles. The van der Waals surface area contributed by atoms with Gasteiger partial charge in [-0.2, -0.15) is 5.10 Å². The molecule has 1 atom stereocenters. The van der Waals surface area contributed by atoms with Gasteiger partial charge in [-0.05, 0) is 25.3 Å². The summed E-state index contributed by atoms with van der Waals surface area (Å²) in [6, 6.07) is 3.33. The summed E-state index contributed by atoms with van der Waals surface area (Å²) in [5.41, 5.74) is 0.877. The van der Waals surface area contributed by atoms with E-state index in [0.29, 0.717) is 12.5 Å². The highest BCUT2D eigenvalue weighted by Gasteiger charge is 2.08. The fraction of sp³-hybridized carbons (Fsp3) is 0.636. The molecule has 4 heteroatoms. The van der Waals surface area contributed by atoms with Crippen LogP contribution >= 0.6 is 15.9 Å². The molecule has 0 aliphatic carbocycles. The molecule has 0 radical (unpaired) electrons. The summed E-state index contributed by atoms with van der Waals surface area (Å²) in [6.07, 6.45) is 2.25. The number of aromatic nitrogens is 2. The van der Waals surface area contributed by atoms with Crippen LogP contribution in [0.5, 0.6) is 0 Å². The highest BCUT2D eigenvalue weighted by Crippen LogP contribution is 2.11. The fourth-order valence-corrected chi connectivity index (χ4v) is 2.08. The minimum Gasteiger partial charge on any atom is -0.268 e. The van der Waals surface area contributed by atoms with Crippen molar-refractivity contribution in [2.24, 2.45) is 5.92 Å².